The number of aromatic nitrogens is 6. The van der Waals surface area contributed by atoms with E-state index in [1.807, 2.05) is 12.1 Å². The van der Waals surface area contributed by atoms with Gasteiger partial charge in [-0.1, -0.05) is 12.5 Å². The van der Waals surface area contributed by atoms with Crippen LogP contribution in [0, 0.1) is 5.82 Å². The molecule has 7 rings (SSSR count). The van der Waals surface area contributed by atoms with E-state index in [1.54, 1.807) is 18.3 Å². The summed E-state index contributed by atoms with van der Waals surface area (Å²) in [6, 6.07) is 7.87. The number of halogens is 1. The van der Waals surface area contributed by atoms with E-state index in [-0.39, 0.29) is 17.4 Å². The van der Waals surface area contributed by atoms with Crippen LogP contribution in [0.3, 0.4) is 0 Å². The van der Waals surface area contributed by atoms with E-state index < -0.39 is 5.91 Å². The number of fused-ring (bicyclic) bond motifs is 1. The second-order valence-corrected chi connectivity index (χ2v) is 9.90. The Kier molecular flexibility index (Phi) is 4.70. The van der Waals surface area contributed by atoms with Crippen LogP contribution in [0.4, 0.5) is 10.2 Å². The summed E-state index contributed by atoms with van der Waals surface area (Å²) in [5.41, 5.74) is 3.34. The molecule has 0 atom stereocenters. The van der Waals surface area contributed by atoms with Crippen LogP contribution in [0.25, 0.3) is 16.7 Å². The van der Waals surface area contributed by atoms with Gasteiger partial charge in [0.1, 0.15) is 34.7 Å². The third kappa shape index (κ3) is 3.59. The first-order valence-corrected chi connectivity index (χ1v) is 12.2. The fourth-order valence-corrected chi connectivity index (χ4v) is 5.09. The number of rotatable bonds is 6. The number of amides is 1. The third-order valence-electron chi connectivity index (χ3n) is 7.58. The molecule has 4 heterocycles. The molecule has 10 heteroatoms. The van der Waals surface area contributed by atoms with Gasteiger partial charge in [0.15, 0.2) is 5.69 Å². The molecule has 1 saturated heterocycles. The van der Waals surface area contributed by atoms with Crippen molar-refractivity contribution >= 4 is 22.8 Å². The molecular weight excluding hydrogens is 447 g/mol. The number of hydrogen-bond donors (Lipinski definition) is 2. The van der Waals surface area contributed by atoms with Crippen LogP contribution < -0.4 is 5.32 Å². The normalized spacial score (nSPS) is 19.0. The summed E-state index contributed by atoms with van der Waals surface area (Å²) in [5.74, 6) is 0.341. The van der Waals surface area contributed by atoms with Crippen LogP contribution in [0.15, 0.2) is 36.8 Å². The Morgan fingerprint density at radius 1 is 1.11 bits per heavy atom. The van der Waals surface area contributed by atoms with Crippen LogP contribution in [-0.4, -0.2) is 59.9 Å². The number of likely N-dealkylation sites (tertiary alicyclic amines) is 1. The molecule has 0 bridgehead atoms. The van der Waals surface area contributed by atoms with Crippen LogP contribution in [0.5, 0.6) is 0 Å². The topological polar surface area (TPSA) is 105 Å². The lowest BCUT2D eigenvalue weighted by molar-refractivity contribution is 0.0462. The van der Waals surface area contributed by atoms with Crippen molar-refractivity contribution in [2.24, 2.45) is 0 Å². The van der Waals surface area contributed by atoms with Crippen molar-refractivity contribution in [1.29, 1.82) is 0 Å². The van der Waals surface area contributed by atoms with Gasteiger partial charge in [0, 0.05) is 31.1 Å². The summed E-state index contributed by atoms with van der Waals surface area (Å²) < 4.78 is 16.7. The van der Waals surface area contributed by atoms with Crippen molar-refractivity contribution in [1.82, 2.24) is 34.8 Å². The Morgan fingerprint density at radius 3 is 2.71 bits per heavy atom. The zero-order chi connectivity index (χ0) is 23.5. The zero-order valence-corrected chi connectivity index (χ0v) is 19.1. The summed E-state index contributed by atoms with van der Waals surface area (Å²) in [4.78, 5) is 23.8. The number of carbonyl (C=O) groups is 1. The fourth-order valence-electron chi connectivity index (χ4n) is 5.09. The van der Waals surface area contributed by atoms with Crippen LogP contribution in [0.2, 0.25) is 0 Å². The number of benzene rings is 1. The molecule has 4 aromatic rings. The average molecular weight is 473 g/mol. The maximum absolute atomic E-state index is 15.2. The van der Waals surface area contributed by atoms with Gasteiger partial charge in [0.25, 0.3) is 5.91 Å². The second-order valence-electron chi connectivity index (χ2n) is 9.90. The molecule has 35 heavy (non-hydrogen) atoms. The Hall–Kier alpha value is -3.66. The van der Waals surface area contributed by atoms with Gasteiger partial charge >= 0.3 is 0 Å². The molecule has 3 aromatic heterocycles. The Labute approximate surface area is 200 Å². The van der Waals surface area contributed by atoms with E-state index in [0.717, 1.165) is 37.2 Å². The number of anilines is 1. The highest BCUT2D eigenvalue weighted by molar-refractivity contribution is 6.09. The summed E-state index contributed by atoms with van der Waals surface area (Å²) in [6.45, 7) is 1.89. The standard InChI is InChI=1S/C25H25FN8O/c26-18-8-15(14-4-5-14)6-7-21(18)34-22(9-19(32-34)16-11-33(12-16)17-2-1-3-17)29-25(35)24-23-20(30-31-24)10-27-13-28-23/h6-10,13-14,16-17H,1-5,11-12H2,(H,29,35)(H,30,31). The molecule has 1 aromatic carbocycles. The summed E-state index contributed by atoms with van der Waals surface area (Å²) in [5, 5.41) is 14.6. The number of nitrogens with one attached hydrogen (secondary N) is 2. The van der Waals surface area contributed by atoms with Crippen molar-refractivity contribution in [3.8, 4) is 5.69 Å². The first-order valence-electron chi connectivity index (χ1n) is 12.2. The van der Waals surface area contributed by atoms with Crippen molar-refractivity contribution < 1.29 is 9.18 Å². The van der Waals surface area contributed by atoms with E-state index in [4.69, 9.17) is 5.10 Å². The lowest BCUT2D eigenvalue weighted by atomic mass is 9.85. The van der Waals surface area contributed by atoms with Crippen LogP contribution >= 0.6 is 0 Å². The predicted octanol–water partition coefficient (Wildman–Crippen LogP) is 3.76. The highest BCUT2D eigenvalue weighted by atomic mass is 19.1. The lowest BCUT2D eigenvalue weighted by Crippen LogP contribution is -2.53. The molecule has 0 unspecified atom stereocenters. The number of carbonyl (C=O) groups excluding carboxylic acids is 1. The maximum atomic E-state index is 15.2. The predicted molar refractivity (Wildman–Crippen MR) is 127 cm³/mol. The lowest BCUT2D eigenvalue weighted by Gasteiger charge is -2.47. The Morgan fingerprint density at radius 2 is 1.97 bits per heavy atom. The molecular formula is C25H25FN8O. The number of hydrogen-bond acceptors (Lipinski definition) is 6. The Balaban J connectivity index is 1.21. The molecule has 1 aliphatic heterocycles. The van der Waals surface area contributed by atoms with Crippen molar-refractivity contribution in [2.45, 2.75) is 50.0 Å². The van der Waals surface area contributed by atoms with Gasteiger partial charge in [-0.2, -0.15) is 10.2 Å². The SMILES string of the molecule is O=C(Nc1cc(C2CN(C3CCC3)C2)nn1-c1ccc(C2CC2)cc1F)c1n[nH]c2cncnc12. The first-order chi connectivity index (χ1) is 17.1. The van der Waals surface area contributed by atoms with Gasteiger partial charge < -0.3 is 5.32 Å². The fraction of sp³-hybridized carbons (Fsp3) is 0.400. The molecule has 3 aliphatic rings. The monoisotopic (exact) mass is 472 g/mol. The Bertz CT molecular complexity index is 1430. The van der Waals surface area contributed by atoms with Gasteiger partial charge in [-0.05, 0) is 49.3 Å². The summed E-state index contributed by atoms with van der Waals surface area (Å²) in [6.07, 6.45) is 8.98. The van der Waals surface area contributed by atoms with Gasteiger partial charge in [-0.25, -0.2) is 19.0 Å². The quantitative estimate of drug-likeness (QED) is 0.443. The molecule has 0 radical (unpaired) electrons. The molecule has 3 fully saturated rings. The van der Waals surface area contributed by atoms with Gasteiger partial charge in [0.2, 0.25) is 0 Å². The number of aromatic amines is 1. The van der Waals surface area contributed by atoms with E-state index in [9.17, 15) is 4.79 Å². The highest BCUT2D eigenvalue weighted by Gasteiger charge is 2.37. The number of nitrogens with zero attached hydrogens (tertiary/aromatic N) is 6. The highest BCUT2D eigenvalue weighted by Crippen LogP contribution is 2.41. The maximum Gasteiger partial charge on any atom is 0.279 e. The summed E-state index contributed by atoms with van der Waals surface area (Å²) >= 11 is 0. The molecule has 0 spiro atoms. The van der Waals surface area contributed by atoms with E-state index >= 15 is 4.39 Å². The minimum Gasteiger partial charge on any atom is -0.305 e. The summed E-state index contributed by atoms with van der Waals surface area (Å²) in [7, 11) is 0. The van der Waals surface area contributed by atoms with Gasteiger partial charge in [-0.15, -0.1) is 0 Å². The minimum atomic E-state index is -0.442. The zero-order valence-electron chi connectivity index (χ0n) is 19.1. The van der Waals surface area contributed by atoms with Crippen LogP contribution in [-0.2, 0) is 0 Å². The smallest absolute Gasteiger partial charge is 0.279 e. The number of H-pyrrole nitrogens is 1. The van der Waals surface area contributed by atoms with Crippen molar-refractivity contribution in [2.75, 3.05) is 18.4 Å². The third-order valence-corrected chi connectivity index (χ3v) is 7.58. The first kappa shape index (κ1) is 20.7. The van der Waals surface area contributed by atoms with Crippen molar-refractivity contribution in [3.05, 3.63) is 59.6 Å². The van der Waals surface area contributed by atoms with Crippen molar-refractivity contribution in [3.63, 3.8) is 0 Å². The molecule has 2 aliphatic carbocycles. The van der Waals surface area contributed by atoms with E-state index in [2.05, 4.69) is 30.4 Å². The second kappa shape index (κ2) is 7.94. The van der Waals surface area contributed by atoms with Crippen LogP contribution in [0.1, 0.15) is 65.7 Å². The average Bonchev–Trinajstić information content (AvgIpc) is 3.44. The molecule has 2 N–H and O–H groups in total. The largest absolute Gasteiger partial charge is 0.305 e. The molecule has 1 amide bonds. The minimum absolute atomic E-state index is 0.154. The van der Waals surface area contributed by atoms with Gasteiger partial charge in [-0.3, -0.25) is 14.8 Å². The molecule has 2 saturated carbocycles. The van der Waals surface area contributed by atoms with E-state index in [1.165, 1.54) is 30.3 Å². The molecule has 9 nitrogen and oxygen atoms in total. The van der Waals surface area contributed by atoms with E-state index in [0.29, 0.717) is 34.5 Å². The molecule has 178 valence electrons. The van der Waals surface area contributed by atoms with Gasteiger partial charge in [0.05, 0.1) is 11.9 Å².